The molecule has 1 aromatic carbocycles. The van der Waals surface area contributed by atoms with Crippen LogP contribution in [0.4, 0.5) is 5.13 Å². The van der Waals surface area contributed by atoms with Crippen LogP contribution in [0.5, 0.6) is 5.75 Å². The monoisotopic (exact) mass is 444 g/mol. The molecule has 156 valence electrons. The van der Waals surface area contributed by atoms with Crippen molar-refractivity contribution in [1.82, 2.24) is 14.3 Å². The van der Waals surface area contributed by atoms with Gasteiger partial charge in [0.2, 0.25) is 15.9 Å². The number of amides is 1. The maximum atomic E-state index is 13.1. The number of aromatic nitrogens is 2. The zero-order valence-corrected chi connectivity index (χ0v) is 17.8. The minimum Gasteiger partial charge on any atom is -0.497 e. The van der Waals surface area contributed by atoms with Gasteiger partial charge in [0, 0.05) is 18.1 Å². The van der Waals surface area contributed by atoms with Gasteiger partial charge in [0.05, 0.1) is 17.7 Å². The van der Waals surface area contributed by atoms with E-state index in [0.717, 1.165) is 0 Å². The summed E-state index contributed by atoms with van der Waals surface area (Å²) in [6, 6.07) is 10.9. The summed E-state index contributed by atoms with van der Waals surface area (Å²) in [5.41, 5.74) is 1.36. The zero-order chi connectivity index (χ0) is 21.1. The van der Waals surface area contributed by atoms with Gasteiger partial charge in [-0.1, -0.05) is 6.07 Å². The fraction of sp³-hybridized carbons (Fsp3) is 0.250. The Balaban J connectivity index is 1.50. The Kier molecular flexibility index (Phi) is 5.80. The summed E-state index contributed by atoms with van der Waals surface area (Å²) in [7, 11) is -2.28. The van der Waals surface area contributed by atoms with E-state index < -0.39 is 16.1 Å². The standard InChI is InChI=1S/C20H20N4O4S2/c1-28-14-7-9-15(10-8-14)30(26,27)24-12-4-6-18(24)19(25)23-20-22-17(13-29-20)16-5-2-3-11-21-16/h2-3,5,7-11,13,18H,4,6,12H2,1H3,(H,22,23,25)/t18-/m1/s1. The van der Waals surface area contributed by atoms with Crippen LogP contribution >= 0.6 is 11.3 Å². The Bertz CT molecular complexity index is 1130. The molecule has 1 fully saturated rings. The quantitative estimate of drug-likeness (QED) is 0.627. The van der Waals surface area contributed by atoms with Crippen LogP contribution in [0.2, 0.25) is 0 Å². The number of hydrogen-bond donors (Lipinski definition) is 1. The molecular weight excluding hydrogens is 424 g/mol. The molecule has 0 radical (unpaired) electrons. The number of nitrogens with one attached hydrogen (secondary N) is 1. The molecule has 1 amide bonds. The van der Waals surface area contributed by atoms with Crippen molar-refractivity contribution in [2.45, 2.75) is 23.8 Å². The molecule has 0 aliphatic carbocycles. The number of nitrogens with zero attached hydrogens (tertiary/aromatic N) is 3. The van der Waals surface area contributed by atoms with Crippen molar-refractivity contribution in [2.75, 3.05) is 19.0 Å². The van der Waals surface area contributed by atoms with Crippen LogP contribution in [0.25, 0.3) is 11.4 Å². The van der Waals surface area contributed by atoms with Gasteiger partial charge >= 0.3 is 0 Å². The van der Waals surface area contributed by atoms with Crippen molar-refractivity contribution in [2.24, 2.45) is 0 Å². The van der Waals surface area contributed by atoms with E-state index in [1.165, 1.54) is 34.9 Å². The second-order valence-electron chi connectivity index (χ2n) is 6.69. The van der Waals surface area contributed by atoms with E-state index in [-0.39, 0.29) is 10.8 Å². The molecule has 1 aliphatic rings. The zero-order valence-electron chi connectivity index (χ0n) is 16.2. The van der Waals surface area contributed by atoms with E-state index in [9.17, 15) is 13.2 Å². The molecule has 8 nitrogen and oxygen atoms in total. The summed E-state index contributed by atoms with van der Waals surface area (Å²) in [5.74, 6) is 0.184. The molecule has 0 saturated carbocycles. The second kappa shape index (κ2) is 8.50. The summed E-state index contributed by atoms with van der Waals surface area (Å²) < 4.78 is 32.5. The normalized spacial score (nSPS) is 17.0. The highest BCUT2D eigenvalue weighted by atomic mass is 32.2. The van der Waals surface area contributed by atoms with Gasteiger partial charge in [0.1, 0.15) is 17.5 Å². The Morgan fingerprint density at radius 3 is 2.70 bits per heavy atom. The molecule has 3 heterocycles. The molecule has 0 unspecified atom stereocenters. The minimum atomic E-state index is -3.80. The molecule has 0 bridgehead atoms. The number of carbonyl (C=O) groups is 1. The van der Waals surface area contributed by atoms with Gasteiger partial charge in [-0.2, -0.15) is 4.31 Å². The number of sulfonamides is 1. The Morgan fingerprint density at radius 1 is 1.20 bits per heavy atom. The number of hydrogen-bond acceptors (Lipinski definition) is 7. The third-order valence-electron chi connectivity index (χ3n) is 4.83. The van der Waals surface area contributed by atoms with Crippen molar-refractivity contribution in [3.05, 3.63) is 54.0 Å². The summed E-state index contributed by atoms with van der Waals surface area (Å²) >= 11 is 1.28. The lowest BCUT2D eigenvalue weighted by Gasteiger charge is -2.23. The van der Waals surface area contributed by atoms with Gasteiger partial charge in [-0.05, 0) is 49.2 Å². The maximum absolute atomic E-state index is 13.1. The molecule has 1 atom stereocenters. The second-order valence-corrected chi connectivity index (χ2v) is 9.44. The van der Waals surface area contributed by atoms with Crippen molar-refractivity contribution < 1.29 is 17.9 Å². The van der Waals surface area contributed by atoms with Crippen LogP contribution in [-0.4, -0.2) is 48.3 Å². The van der Waals surface area contributed by atoms with E-state index >= 15 is 0 Å². The van der Waals surface area contributed by atoms with Crippen LogP contribution in [0, 0.1) is 0 Å². The number of ether oxygens (including phenoxy) is 1. The molecule has 4 rings (SSSR count). The first-order valence-electron chi connectivity index (χ1n) is 9.33. The highest BCUT2D eigenvalue weighted by Gasteiger charge is 2.39. The minimum absolute atomic E-state index is 0.134. The Labute approximate surface area is 178 Å². The largest absolute Gasteiger partial charge is 0.497 e. The lowest BCUT2D eigenvalue weighted by molar-refractivity contribution is -0.119. The van der Waals surface area contributed by atoms with Crippen molar-refractivity contribution in [3.63, 3.8) is 0 Å². The molecule has 10 heteroatoms. The van der Waals surface area contributed by atoms with Crippen LogP contribution in [-0.2, 0) is 14.8 Å². The van der Waals surface area contributed by atoms with E-state index in [2.05, 4.69) is 15.3 Å². The Hall–Kier alpha value is -2.82. The highest BCUT2D eigenvalue weighted by molar-refractivity contribution is 7.89. The van der Waals surface area contributed by atoms with Gasteiger partial charge in [0.15, 0.2) is 5.13 Å². The average molecular weight is 445 g/mol. The van der Waals surface area contributed by atoms with Crippen LogP contribution < -0.4 is 10.1 Å². The van der Waals surface area contributed by atoms with Crippen molar-refractivity contribution >= 4 is 32.4 Å². The molecule has 1 saturated heterocycles. The summed E-state index contributed by atoms with van der Waals surface area (Å²) in [6.07, 6.45) is 2.75. The molecule has 0 spiro atoms. The van der Waals surface area contributed by atoms with Gasteiger partial charge in [-0.15, -0.1) is 11.3 Å². The van der Waals surface area contributed by atoms with E-state index in [1.54, 1.807) is 23.7 Å². The first-order valence-corrected chi connectivity index (χ1v) is 11.6. The fourth-order valence-corrected chi connectivity index (χ4v) is 5.69. The number of methoxy groups -OCH3 is 1. The number of rotatable bonds is 6. The van der Waals surface area contributed by atoms with Crippen LogP contribution in [0.3, 0.4) is 0 Å². The molecule has 3 aromatic rings. The van der Waals surface area contributed by atoms with Crippen molar-refractivity contribution in [3.8, 4) is 17.1 Å². The van der Waals surface area contributed by atoms with E-state index in [0.29, 0.717) is 41.7 Å². The smallest absolute Gasteiger partial charge is 0.244 e. The first kappa shape index (κ1) is 20.5. The SMILES string of the molecule is COc1ccc(S(=O)(=O)N2CCC[C@@H]2C(=O)Nc2nc(-c3ccccn3)cs2)cc1. The predicted molar refractivity (Wildman–Crippen MR) is 114 cm³/mol. The molecule has 1 N–H and O–H groups in total. The highest BCUT2D eigenvalue weighted by Crippen LogP contribution is 2.29. The first-order chi connectivity index (χ1) is 14.5. The van der Waals surface area contributed by atoms with Gasteiger partial charge < -0.3 is 10.1 Å². The number of carbonyl (C=O) groups excluding carboxylic acids is 1. The third kappa shape index (κ3) is 4.07. The number of thiazole rings is 1. The van der Waals surface area contributed by atoms with E-state index in [4.69, 9.17) is 4.74 Å². The van der Waals surface area contributed by atoms with Gasteiger partial charge in [0.25, 0.3) is 0 Å². The lowest BCUT2D eigenvalue weighted by Crippen LogP contribution is -2.43. The van der Waals surface area contributed by atoms with Crippen molar-refractivity contribution in [1.29, 1.82) is 0 Å². The molecule has 30 heavy (non-hydrogen) atoms. The summed E-state index contributed by atoms with van der Waals surface area (Å²) in [5, 5.41) is 4.98. The topological polar surface area (TPSA) is 101 Å². The third-order valence-corrected chi connectivity index (χ3v) is 7.51. The summed E-state index contributed by atoms with van der Waals surface area (Å²) in [6.45, 7) is 0.295. The number of anilines is 1. The lowest BCUT2D eigenvalue weighted by atomic mass is 10.2. The van der Waals surface area contributed by atoms with Gasteiger partial charge in [-0.25, -0.2) is 13.4 Å². The number of benzene rings is 1. The van der Waals surface area contributed by atoms with Crippen LogP contribution in [0.1, 0.15) is 12.8 Å². The molecular formula is C20H20N4O4S2. The average Bonchev–Trinajstić information content (AvgIpc) is 3.45. The summed E-state index contributed by atoms with van der Waals surface area (Å²) in [4.78, 5) is 21.6. The maximum Gasteiger partial charge on any atom is 0.244 e. The van der Waals surface area contributed by atoms with E-state index in [1.807, 2.05) is 18.2 Å². The molecule has 2 aromatic heterocycles. The fourth-order valence-electron chi connectivity index (χ4n) is 3.32. The van der Waals surface area contributed by atoms with Gasteiger partial charge in [-0.3, -0.25) is 9.78 Å². The molecule has 1 aliphatic heterocycles. The van der Waals surface area contributed by atoms with Crippen LogP contribution in [0.15, 0.2) is 58.9 Å². The predicted octanol–water partition coefficient (Wildman–Crippen LogP) is 3.01. The number of pyridine rings is 1. The Morgan fingerprint density at radius 2 is 2.00 bits per heavy atom.